The molecular weight excluding hydrogens is 221 g/mol. The van der Waals surface area contributed by atoms with Crippen LogP contribution in [0.3, 0.4) is 0 Å². The summed E-state index contributed by atoms with van der Waals surface area (Å²) in [5.74, 6) is 0.900. The number of benzene rings is 1. The van der Waals surface area contributed by atoms with Gasteiger partial charge in [0.15, 0.2) is 5.82 Å². The molecule has 4 nitrogen and oxygen atoms in total. The van der Waals surface area contributed by atoms with E-state index in [-0.39, 0.29) is 5.82 Å². The Morgan fingerprint density at radius 1 is 1.35 bits per heavy atom. The standard InChI is InChI=1S/C12H10FN3O/c1-8-14-12(15-17-8)7-16-6-5-9-10(13)3-2-4-11(9)16/h2-6H,7H2,1H3. The van der Waals surface area contributed by atoms with E-state index in [0.717, 1.165) is 5.52 Å². The van der Waals surface area contributed by atoms with E-state index in [0.29, 0.717) is 23.6 Å². The van der Waals surface area contributed by atoms with Gasteiger partial charge in [-0.05, 0) is 18.2 Å². The summed E-state index contributed by atoms with van der Waals surface area (Å²) >= 11 is 0. The predicted molar refractivity (Wildman–Crippen MR) is 60.0 cm³/mol. The SMILES string of the molecule is Cc1nc(Cn2ccc3c(F)cccc32)no1. The molecule has 86 valence electrons. The van der Waals surface area contributed by atoms with Crippen LogP contribution in [-0.2, 0) is 6.54 Å². The highest BCUT2D eigenvalue weighted by molar-refractivity contribution is 5.80. The molecule has 0 bridgehead atoms. The Bertz CT molecular complexity index is 671. The monoisotopic (exact) mass is 231 g/mol. The minimum absolute atomic E-state index is 0.217. The molecule has 5 heteroatoms. The summed E-state index contributed by atoms with van der Waals surface area (Å²) in [7, 11) is 0. The number of aromatic nitrogens is 3. The number of fused-ring (bicyclic) bond motifs is 1. The minimum Gasteiger partial charge on any atom is -0.340 e. The van der Waals surface area contributed by atoms with Crippen LogP contribution in [0.5, 0.6) is 0 Å². The Morgan fingerprint density at radius 3 is 3.00 bits per heavy atom. The van der Waals surface area contributed by atoms with Gasteiger partial charge in [0.1, 0.15) is 5.82 Å². The van der Waals surface area contributed by atoms with Crippen molar-refractivity contribution >= 4 is 10.9 Å². The zero-order valence-electron chi connectivity index (χ0n) is 9.22. The third-order valence-electron chi connectivity index (χ3n) is 2.64. The van der Waals surface area contributed by atoms with Crippen molar-refractivity contribution in [3.63, 3.8) is 0 Å². The van der Waals surface area contributed by atoms with Gasteiger partial charge >= 0.3 is 0 Å². The van der Waals surface area contributed by atoms with Crippen LogP contribution in [0.25, 0.3) is 10.9 Å². The van der Waals surface area contributed by atoms with E-state index in [9.17, 15) is 4.39 Å². The van der Waals surface area contributed by atoms with E-state index in [1.807, 2.05) is 16.8 Å². The first-order chi connectivity index (χ1) is 8.24. The summed E-state index contributed by atoms with van der Waals surface area (Å²) in [6.45, 7) is 2.22. The molecule has 1 aromatic carbocycles. The summed E-state index contributed by atoms with van der Waals surface area (Å²) in [5.41, 5.74) is 0.826. The number of halogens is 1. The highest BCUT2D eigenvalue weighted by atomic mass is 19.1. The first kappa shape index (κ1) is 10.0. The fourth-order valence-electron chi connectivity index (χ4n) is 1.88. The van der Waals surface area contributed by atoms with Crippen molar-refractivity contribution in [3.8, 4) is 0 Å². The second-order valence-corrected chi connectivity index (χ2v) is 3.85. The van der Waals surface area contributed by atoms with Crippen molar-refractivity contribution < 1.29 is 8.91 Å². The fourth-order valence-corrected chi connectivity index (χ4v) is 1.88. The van der Waals surface area contributed by atoms with Crippen molar-refractivity contribution in [3.05, 3.63) is 48.0 Å². The molecule has 0 aliphatic heterocycles. The van der Waals surface area contributed by atoms with Crippen LogP contribution in [0, 0.1) is 12.7 Å². The highest BCUT2D eigenvalue weighted by Gasteiger charge is 2.08. The number of nitrogens with zero attached hydrogens (tertiary/aromatic N) is 3. The van der Waals surface area contributed by atoms with Gasteiger partial charge in [-0.1, -0.05) is 11.2 Å². The second-order valence-electron chi connectivity index (χ2n) is 3.85. The summed E-state index contributed by atoms with van der Waals surface area (Å²) in [6, 6.07) is 6.75. The molecule has 0 aliphatic carbocycles. The number of hydrogen-bond acceptors (Lipinski definition) is 3. The molecule has 0 spiro atoms. The molecular formula is C12H10FN3O. The van der Waals surface area contributed by atoms with E-state index in [4.69, 9.17) is 4.52 Å². The average molecular weight is 231 g/mol. The number of rotatable bonds is 2. The lowest BCUT2D eigenvalue weighted by Gasteiger charge is -2.01. The van der Waals surface area contributed by atoms with Crippen LogP contribution in [-0.4, -0.2) is 14.7 Å². The van der Waals surface area contributed by atoms with Gasteiger partial charge in [0.05, 0.1) is 12.1 Å². The summed E-state index contributed by atoms with van der Waals surface area (Å²) < 4.78 is 20.3. The third kappa shape index (κ3) is 1.69. The van der Waals surface area contributed by atoms with Gasteiger partial charge in [0, 0.05) is 18.5 Å². The Balaban J connectivity index is 2.04. The predicted octanol–water partition coefficient (Wildman–Crippen LogP) is 2.52. The van der Waals surface area contributed by atoms with Gasteiger partial charge < -0.3 is 9.09 Å². The summed E-state index contributed by atoms with van der Waals surface area (Å²) in [6.07, 6.45) is 1.82. The zero-order chi connectivity index (χ0) is 11.8. The second kappa shape index (κ2) is 3.69. The first-order valence-corrected chi connectivity index (χ1v) is 5.26. The van der Waals surface area contributed by atoms with Crippen molar-refractivity contribution in [2.24, 2.45) is 0 Å². The lowest BCUT2D eigenvalue weighted by molar-refractivity contribution is 0.386. The van der Waals surface area contributed by atoms with E-state index in [1.165, 1.54) is 6.07 Å². The molecule has 0 amide bonds. The molecule has 0 atom stereocenters. The van der Waals surface area contributed by atoms with E-state index < -0.39 is 0 Å². The van der Waals surface area contributed by atoms with Gasteiger partial charge in [-0.15, -0.1) is 0 Å². The van der Waals surface area contributed by atoms with Gasteiger partial charge in [0.2, 0.25) is 5.89 Å². The van der Waals surface area contributed by atoms with Gasteiger partial charge in [-0.25, -0.2) is 4.39 Å². The fraction of sp³-hybridized carbons (Fsp3) is 0.167. The molecule has 0 fully saturated rings. The van der Waals surface area contributed by atoms with Crippen LogP contribution in [0.2, 0.25) is 0 Å². The maximum Gasteiger partial charge on any atom is 0.223 e. The quantitative estimate of drug-likeness (QED) is 0.680. The smallest absolute Gasteiger partial charge is 0.223 e. The minimum atomic E-state index is -0.217. The van der Waals surface area contributed by atoms with E-state index >= 15 is 0 Å². The highest BCUT2D eigenvalue weighted by Crippen LogP contribution is 2.19. The summed E-state index contributed by atoms with van der Waals surface area (Å²) in [5, 5.41) is 4.42. The topological polar surface area (TPSA) is 43.9 Å². The maximum atomic E-state index is 13.5. The third-order valence-corrected chi connectivity index (χ3v) is 2.64. The molecule has 3 aromatic rings. The molecule has 0 aliphatic rings. The normalized spacial score (nSPS) is 11.2. The molecule has 0 unspecified atom stereocenters. The number of hydrogen-bond donors (Lipinski definition) is 0. The van der Waals surface area contributed by atoms with Crippen LogP contribution < -0.4 is 0 Å². The Kier molecular flexibility index (Phi) is 2.18. The Morgan fingerprint density at radius 2 is 2.24 bits per heavy atom. The summed E-state index contributed by atoms with van der Waals surface area (Å²) in [4.78, 5) is 4.12. The van der Waals surface area contributed by atoms with Crippen molar-refractivity contribution in [1.82, 2.24) is 14.7 Å². The lowest BCUT2D eigenvalue weighted by Crippen LogP contribution is -1.99. The van der Waals surface area contributed by atoms with Crippen LogP contribution in [0.4, 0.5) is 4.39 Å². The van der Waals surface area contributed by atoms with Crippen LogP contribution in [0.1, 0.15) is 11.7 Å². The van der Waals surface area contributed by atoms with Gasteiger partial charge in [0.25, 0.3) is 0 Å². The number of aryl methyl sites for hydroxylation is 1. The average Bonchev–Trinajstić information content (AvgIpc) is 2.88. The van der Waals surface area contributed by atoms with Crippen molar-refractivity contribution in [1.29, 1.82) is 0 Å². The molecule has 0 saturated carbocycles. The van der Waals surface area contributed by atoms with Crippen LogP contribution in [0.15, 0.2) is 35.0 Å². The van der Waals surface area contributed by atoms with Crippen LogP contribution >= 0.6 is 0 Å². The first-order valence-electron chi connectivity index (χ1n) is 5.26. The molecule has 17 heavy (non-hydrogen) atoms. The van der Waals surface area contributed by atoms with E-state index in [1.54, 1.807) is 19.1 Å². The molecule has 0 saturated heterocycles. The molecule has 0 radical (unpaired) electrons. The Labute approximate surface area is 96.7 Å². The zero-order valence-corrected chi connectivity index (χ0v) is 9.22. The Hall–Kier alpha value is -2.17. The molecule has 3 rings (SSSR count). The maximum absolute atomic E-state index is 13.5. The molecule has 0 N–H and O–H groups in total. The molecule has 2 heterocycles. The largest absolute Gasteiger partial charge is 0.340 e. The van der Waals surface area contributed by atoms with Crippen molar-refractivity contribution in [2.75, 3.05) is 0 Å². The molecule has 2 aromatic heterocycles. The van der Waals surface area contributed by atoms with Gasteiger partial charge in [-0.2, -0.15) is 4.98 Å². The van der Waals surface area contributed by atoms with Crippen molar-refractivity contribution in [2.45, 2.75) is 13.5 Å². The van der Waals surface area contributed by atoms with Gasteiger partial charge in [-0.3, -0.25) is 0 Å². The lowest BCUT2D eigenvalue weighted by atomic mass is 10.2. The van der Waals surface area contributed by atoms with E-state index in [2.05, 4.69) is 10.1 Å².